The highest BCUT2D eigenvalue weighted by atomic mass is 16.3. The van der Waals surface area contributed by atoms with Crippen LogP contribution in [0.5, 0.6) is 0 Å². The highest BCUT2D eigenvalue weighted by molar-refractivity contribution is 6.10. The third-order valence-corrected chi connectivity index (χ3v) is 12.3. The van der Waals surface area contributed by atoms with E-state index in [0.29, 0.717) is 5.89 Å². The molecule has 276 valence electrons. The molecule has 0 spiro atoms. The maximum Gasteiger partial charge on any atom is 0.227 e. The van der Waals surface area contributed by atoms with Crippen molar-refractivity contribution in [1.29, 1.82) is 0 Å². The van der Waals surface area contributed by atoms with Crippen molar-refractivity contribution in [3.05, 3.63) is 241 Å². The molecular formula is C56H36N2O. The van der Waals surface area contributed by atoms with Crippen molar-refractivity contribution in [2.24, 2.45) is 0 Å². The number of fused-ring (bicyclic) bond motifs is 7. The quantitative estimate of drug-likeness (QED) is 0.169. The second-order valence-electron chi connectivity index (χ2n) is 15.5. The molecule has 1 unspecified atom stereocenters. The molecule has 9 aromatic carbocycles. The van der Waals surface area contributed by atoms with E-state index in [4.69, 9.17) is 9.40 Å². The number of hydrogen-bond donors (Lipinski definition) is 0. The number of hydrogen-bond acceptors (Lipinski definition) is 2. The predicted octanol–water partition coefficient (Wildman–Crippen LogP) is 14.3. The Morgan fingerprint density at radius 2 is 1.03 bits per heavy atom. The van der Waals surface area contributed by atoms with Crippen LogP contribution in [-0.4, -0.2) is 9.55 Å². The molecule has 0 saturated carbocycles. The van der Waals surface area contributed by atoms with Crippen molar-refractivity contribution < 1.29 is 4.42 Å². The molecule has 0 radical (unpaired) electrons. The molecule has 1 aliphatic rings. The summed E-state index contributed by atoms with van der Waals surface area (Å²) in [6, 6.07) is 78.8. The van der Waals surface area contributed by atoms with Crippen LogP contribution in [0.1, 0.15) is 22.3 Å². The maximum absolute atomic E-state index is 6.31. The smallest absolute Gasteiger partial charge is 0.227 e. The molecule has 12 rings (SSSR count). The zero-order chi connectivity index (χ0) is 38.9. The summed E-state index contributed by atoms with van der Waals surface area (Å²) in [5.41, 5.74) is 17.7. The minimum atomic E-state index is -0.558. The summed E-state index contributed by atoms with van der Waals surface area (Å²) in [4.78, 5) is 5.02. The standard InChI is InChI=1S/C56H36N2O/c1-4-15-37(16-5-1)39-19-14-22-44(33-39)58-52-26-13-11-24-46(52)48-35-41(28-31-53(48)58)40-27-30-50-47(34-40)45-23-10-12-25-49(45)56(50,42-20-8-3-9-21-42)43-29-32-54-51(36-43)57-55(59-54)38-17-6-2-7-18-38/h1-36H. The fourth-order valence-electron chi connectivity index (χ4n) is 9.69. The lowest BCUT2D eigenvalue weighted by Crippen LogP contribution is -2.28. The second-order valence-corrected chi connectivity index (χ2v) is 15.5. The Balaban J connectivity index is 1.03. The summed E-state index contributed by atoms with van der Waals surface area (Å²) < 4.78 is 8.71. The van der Waals surface area contributed by atoms with Gasteiger partial charge in [-0.05, 0) is 116 Å². The fourth-order valence-corrected chi connectivity index (χ4v) is 9.69. The third-order valence-electron chi connectivity index (χ3n) is 12.3. The van der Waals surface area contributed by atoms with Gasteiger partial charge in [0.05, 0.1) is 16.4 Å². The van der Waals surface area contributed by atoms with Gasteiger partial charge >= 0.3 is 0 Å². The van der Waals surface area contributed by atoms with Gasteiger partial charge in [-0.3, -0.25) is 0 Å². The Morgan fingerprint density at radius 1 is 0.390 bits per heavy atom. The second kappa shape index (κ2) is 13.2. The predicted molar refractivity (Wildman–Crippen MR) is 242 cm³/mol. The Kier molecular flexibility index (Phi) is 7.45. The summed E-state index contributed by atoms with van der Waals surface area (Å²) >= 11 is 0. The number of para-hydroxylation sites is 1. The molecule has 0 saturated heterocycles. The van der Waals surface area contributed by atoms with E-state index >= 15 is 0 Å². The van der Waals surface area contributed by atoms with E-state index in [-0.39, 0.29) is 0 Å². The molecule has 0 aliphatic heterocycles. The minimum Gasteiger partial charge on any atom is -0.436 e. The summed E-state index contributed by atoms with van der Waals surface area (Å²) in [5.74, 6) is 0.629. The number of nitrogens with zero attached hydrogens (tertiary/aromatic N) is 2. The number of aromatic nitrogens is 2. The molecule has 3 heteroatoms. The van der Waals surface area contributed by atoms with Gasteiger partial charge in [-0.2, -0.15) is 0 Å². The zero-order valence-electron chi connectivity index (χ0n) is 32.1. The Labute approximate surface area is 342 Å². The van der Waals surface area contributed by atoms with E-state index in [1.165, 1.54) is 71.9 Å². The van der Waals surface area contributed by atoms with Crippen LogP contribution in [0.3, 0.4) is 0 Å². The third kappa shape index (κ3) is 5.11. The number of oxazole rings is 1. The molecule has 3 nitrogen and oxygen atoms in total. The largest absolute Gasteiger partial charge is 0.436 e. The lowest BCUT2D eigenvalue weighted by atomic mass is 9.67. The van der Waals surface area contributed by atoms with Crippen molar-refractivity contribution in [3.63, 3.8) is 0 Å². The van der Waals surface area contributed by atoms with E-state index in [0.717, 1.165) is 27.9 Å². The lowest BCUT2D eigenvalue weighted by Gasteiger charge is -2.33. The molecule has 1 atom stereocenters. The highest BCUT2D eigenvalue weighted by Crippen LogP contribution is 2.57. The summed E-state index contributed by atoms with van der Waals surface area (Å²) in [7, 11) is 0. The fraction of sp³-hybridized carbons (Fsp3) is 0.0179. The SMILES string of the molecule is c1ccc(-c2cccc(-n3c4ccccc4c4cc(-c5ccc6c(c5)-c5ccccc5C6(c5ccccc5)c5ccc6oc(-c7ccccc7)nc6c5)ccc43)c2)cc1. The van der Waals surface area contributed by atoms with Gasteiger partial charge in [0.15, 0.2) is 5.58 Å². The van der Waals surface area contributed by atoms with E-state index in [1.807, 2.05) is 30.3 Å². The van der Waals surface area contributed by atoms with Crippen LogP contribution in [0.15, 0.2) is 223 Å². The van der Waals surface area contributed by atoms with Gasteiger partial charge in [0, 0.05) is 22.0 Å². The van der Waals surface area contributed by atoms with Crippen LogP contribution in [0, 0.1) is 0 Å². The molecular weight excluding hydrogens is 717 g/mol. The molecule has 1 aliphatic carbocycles. The monoisotopic (exact) mass is 752 g/mol. The Hall–Kier alpha value is -7.75. The van der Waals surface area contributed by atoms with Crippen molar-refractivity contribution >= 4 is 32.9 Å². The van der Waals surface area contributed by atoms with Gasteiger partial charge in [-0.25, -0.2) is 4.98 Å². The average Bonchev–Trinajstić information content (AvgIpc) is 3.98. The van der Waals surface area contributed by atoms with Crippen molar-refractivity contribution in [2.45, 2.75) is 5.41 Å². The summed E-state index contributed by atoms with van der Waals surface area (Å²) in [5, 5.41) is 2.47. The van der Waals surface area contributed by atoms with E-state index in [1.54, 1.807) is 0 Å². The van der Waals surface area contributed by atoms with Crippen LogP contribution >= 0.6 is 0 Å². The van der Waals surface area contributed by atoms with E-state index < -0.39 is 5.41 Å². The van der Waals surface area contributed by atoms with Crippen LogP contribution in [0.25, 0.3) is 83.4 Å². The maximum atomic E-state index is 6.31. The van der Waals surface area contributed by atoms with Crippen LogP contribution in [0.4, 0.5) is 0 Å². The first-order chi connectivity index (χ1) is 29.2. The molecule has 2 aromatic heterocycles. The van der Waals surface area contributed by atoms with Crippen LogP contribution in [0.2, 0.25) is 0 Å². The molecule has 0 amide bonds. The normalized spacial score (nSPS) is 14.5. The highest BCUT2D eigenvalue weighted by Gasteiger charge is 2.46. The van der Waals surface area contributed by atoms with Gasteiger partial charge in [0.2, 0.25) is 5.89 Å². The van der Waals surface area contributed by atoms with Crippen molar-refractivity contribution in [3.8, 4) is 50.5 Å². The Bertz CT molecular complexity index is 3380. The molecule has 0 fully saturated rings. The van der Waals surface area contributed by atoms with E-state index in [2.05, 4.69) is 193 Å². The molecule has 2 heterocycles. The lowest BCUT2D eigenvalue weighted by molar-refractivity contribution is 0.619. The van der Waals surface area contributed by atoms with Gasteiger partial charge in [-0.15, -0.1) is 0 Å². The first-order valence-electron chi connectivity index (χ1n) is 20.2. The molecule has 59 heavy (non-hydrogen) atoms. The summed E-state index contributed by atoms with van der Waals surface area (Å²) in [6.07, 6.45) is 0. The van der Waals surface area contributed by atoms with Crippen molar-refractivity contribution in [2.75, 3.05) is 0 Å². The molecule has 0 N–H and O–H groups in total. The van der Waals surface area contributed by atoms with Gasteiger partial charge in [-0.1, -0.05) is 158 Å². The van der Waals surface area contributed by atoms with Gasteiger partial charge in [0.1, 0.15) is 5.52 Å². The summed E-state index contributed by atoms with van der Waals surface area (Å²) in [6.45, 7) is 0. The first-order valence-corrected chi connectivity index (χ1v) is 20.2. The number of rotatable bonds is 6. The topological polar surface area (TPSA) is 31.0 Å². The first kappa shape index (κ1) is 33.4. The Morgan fingerprint density at radius 3 is 1.88 bits per heavy atom. The van der Waals surface area contributed by atoms with Gasteiger partial charge in [0.25, 0.3) is 0 Å². The van der Waals surface area contributed by atoms with Crippen molar-refractivity contribution in [1.82, 2.24) is 9.55 Å². The van der Waals surface area contributed by atoms with Crippen LogP contribution in [-0.2, 0) is 5.41 Å². The average molecular weight is 753 g/mol. The van der Waals surface area contributed by atoms with Gasteiger partial charge < -0.3 is 8.98 Å². The minimum absolute atomic E-state index is 0.558. The molecule has 0 bridgehead atoms. The molecule has 11 aromatic rings. The zero-order valence-corrected chi connectivity index (χ0v) is 32.1. The van der Waals surface area contributed by atoms with Crippen LogP contribution < -0.4 is 0 Å². The number of benzene rings is 9. The van der Waals surface area contributed by atoms with E-state index in [9.17, 15) is 0 Å².